The molecule has 0 saturated heterocycles. The Labute approximate surface area is 103 Å². The van der Waals surface area contributed by atoms with Crippen LogP contribution in [0.4, 0.5) is 0 Å². The fourth-order valence-electron chi connectivity index (χ4n) is 1.55. The molecule has 0 aliphatic rings. The Bertz CT molecular complexity index is 350. The molecule has 1 aromatic rings. The van der Waals surface area contributed by atoms with Crippen LogP contribution in [-0.2, 0) is 6.54 Å². The first kappa shape index (κ1) is 13.2. The predicted molar refractivity (Wildman–Crippen MR) is 69.8 cm³/mol. The van der Waals surface area contributed by atoms with Crippen molar-refractivity contribution in [2.24, 2.45) is 0 Å². The zero-order valence-electron chi connectivity index (χ0n) is 10.0. The number of hydrogen-bond donors (Lipinski definition) is 0. The van der Waals surface area contributed by atoms with E-state index >= 15 is 0 Å². The Balaban J connectivity index is 2.59. The molecule has 0 fully saturated rings. The molecule has 1 aromatic heterocycles. The fraction of sp³-hybridized carbons (Fsp3) is 0.462. The number of alkyl halides is 1. The maximum Gasteiger partial charge on any atom is 0.0547 e. The molecule has 0 atom stereocenters. The van der Waals surface area contributed by atoms with Crippen molar-refractivity contribution in [2.45, 2.75) is 20.4 Å². The average Bonchev–Trinajstić information content (AvgIpc) is 2.28. The molecule has 0 spiro atoms. The van der Waals surface area contributed by atoms with Gasteiger partial charge in [0, 0.05) is 24.7 Å². The second-order valence-electron chi connectivity index (χ2n) is 3.96. The molecule has 1 rings (SSSR count). The average molecular weight is 239 g/mol. The zero-order valence-corrected chi connectivity index (χ0v) is 10.8. The van der Waals surface area contributed by atoms with E-state index in [4.69, 9.17) is 11.6 Å². The standard InChI is InChI=1S/C13H19ClN2/c1-4-16(9-11(2)8-14)10-13-7-5-6-12(3)15-13/h5-7H,2,4,8-10H2,1,3H3. The molecule has 0 aliphatic carbocycles. The minimum atomic E-state index is 0.526. The molecule has 2 nitrogen and oxygen atoms in total. The topological polar surface area (TPSA) is 16.1 Å². The molecular weight excluding hydrogens is 220 g/mol. The van der Waals surface area contributed by atoms with Crippen molar-refractivity contribution in [3.8, 4) is 0 Å². The summed E-state index contributed by atoms with van der Waals surface area (Å²) >= 11 is 5.74. The second-order valence-corrected chi connectivity index (χ2v) is 4.22. The van der Waals surface area contributed by atoms with E-state index in [9.17, 15) is 0 Å². The molecule has 1 heterocycles. The van der Waals surface area contributed by atoms with Crippen molar-refractivity contribution in [2.75, 3.05) is 19.0 Å². The monoisotopic (exact) mass is 238 g/mol. The maximum atomic E-state index is 5.74. The van der Waals surface area contributed by atoms with Gasteiger partial charge < -0.3 is 0 Å². The van der Waals surface area contributed by atoms with Crippen LogP contribution in [0.15, 0.2) is 30.4 Å². The summed E-state index contributed by atoms with van der Waals surface area (Å²) in [5.41, 5.74) is 3.21. The molecule has 0 saturated carbocycles. The Kier molecular flexibility index (Phi) is 5.50. The summed E-state index contributed by atoms with van der Waals surface area (Å²) in [7, 11) is 0. The van der Waals surface area contributed by atoms with Gasteiger partial charge in [-0.2, -0.15) is 0 Å². The van der Waals surface area contributed by atoms with Crippen LogP contribution in [0.5, 0.6) is 0 Å². The molecule has 88 valence electrons. The summed E-state index contributed by atoms with van der Waals surface area (Å²) in [6.07, 6.45) is 0. The smallest absolute Gasteiger partial charge is 0.0547 e. The van der Waals surface area contributed by atoms with Crippen LogP contribution in [0.1, 0.15) is 18.3 Å². The first-order valence-electron chi connectivity index (χ1n) is 5.53. The van der Waals surface area contributed by atoms with Crippen molar-refractivity contribution in [1.82, 2.24) is 9.88 Å². The van der Waals surface area contributed by atoms with Crippen molar-refractivity contribution in [3.63, 3.8) is 0 Å². The summed E-state index contributed by atoms with van der Waals surface area (Å²) < 4.78 is 0. The number of hydrogen-bond acceptors (Lipinski definition) is 2. The summed E-state index contributed by atoms with van der Waals surface area (Å²) in [6.45, 7) is 10.7. The van der Waals surface area contributed by atoms with Crippen molar-refractivity contribution >= 4 is 11.6 Å². The normalized spacial score (nSPS) is 10.8. The molecule has 16 heavy (non-hydrogen) atoms. The van der Waals surface area contributed by atoms with Gasteiger partial charge in [0.05, 0.1) is 5.69 Å². The molecule has 3 heteroatoms. The van der Waals surface area contributed by atoms with E-state index < -0.39 is 0 Å². The molecule has 0 aromatic carbocycles. The highest BCUT2D eigenvalue weighted by Crippen LogP contribution is 2.06. The summed E-state index contributed by atoms with van der Waals surface area (Å²) in [4.78, 5) is 6.77. The van der Waals surface area contributed by atoms with Gasteiger partial charge in [-0.05, 0) is 31.2 Å². The quantitative estimate of drug-likeness (QED) is 0.560. The second kappa shape index (κ2) is 6.66. The number of rotatable bonds is 6. The van der Waals surface area contributed by atoms with E-state index in [2.05, 4.69) is 29.5 Å². The van der Waals surface area contributed by atoms with Crippen molar-refractivity contribution in [1.29, 1.82) is 0 Å². The number of likely N-dealkylation sites (N-methyl/N-ethyl adjacent to an activating group) is 1. The lowest BCUT2D eigenvalue weighted by Gasteiger charge is -2.20. The van der Waals surface area contributed by atoms with E-state index in [1.807, 2.05) is 19.1 Å². The van der Waals surface area contributed by atoms with E-state index in [1.54, 1.807) is 0 Å². The Hall–Kier alpha value is -0.860. The molecule has 0 aliphatic heterocycles. The molecule has 0 bridgehead atoms. The molecule has 0 radical (unpaired) electrons. The third-order valence-electron chi connectivity index (χ3n) is 2.42. The number of aromatic nitrogens is 1. The minimum Gasteiger partial charge on any atom is -0.294 e. The number of halogens is 1. The highest BCUT2D eigenvalue weighted by atomic mass is 35.5. The zero-order chi connectivity index (χ0) is 12.0. The number of nitrogens with zero attached hydrogens (tertiary/aromatic N) is 2. The summed E-state index contributed by atoms with van der Waals surface area (Å²) in [6, 6.07) is 6.11. The number of aryl methyl sites for hydroxylation is 1. The number of pyridine rings is 1. The van der Waals surface area contributed by atoms with Gasteiger partial charge >= 0.3 is 0 Å². The van der Waals surface area contributed by atoms with E-state index in [0.717, 1.165) is 36.6 Å². The molecule has 0 amide bonds. The van der Waals surface area contributed by atoms with Crippen LogP contribution in [0.3, 0.4) is 0 Å². The van der Waals surface area contributed by atoms with E-state index in [1.165, 1.54) is 0 Å². The van der Waals surface area contributed by atoms with Crippen LogP contribution in [0, 0.1) is 6.92 Å². The Morgan fingerprint density at radius 2 is 2.25 bits per heavy atom. The van der Waals surface area contributed by atoms with Crippen LogP contribution >= 0.6 is 11.6 Å². The van der Waals surface area contributed by atoms with Crippen LogP contribution < -0.4 is 0 Å². The predicted octanol–water partition coefficient (Wildman–Crippen LogP) is 3.01. The van der Waals surface area contributed by atoms with Gasteiger partial charge in [0.15, 0.2) is 0 Å². The molecular formula is C13H19ClN2. The first-order chi connectivity index (χ1) is 7.65. The van der Waals surface area contributed by atoms with Crippen molar-refractivity contribution < 1.29 is 0 Å². The third-order valence-corrected chi connectivity index (χ3v) is 2.79. The third kappa shape index (κ3) is 4.33. The van der Waals surface area contributed by atoms with Gasteiger partial charge in [-0.3, -0.25) is 9.88 Å². The van der Waals surface area contributed by atoms with Gasteiger partial charge in [0.2, 0.25) is 0 Å². The van der Waals surface area contributed by atoms with Gasteiger partial charge in [-0.1, -0.05) is 19.6 Å². The van der Waals surface area contributed by atoms with Gasteiger partial charge in [0.1, 0.15) is 0 Å². The summed E-state index contributed by atoms with van der Waals surface area (Å²) in [5, 5.41) is 0. The van der Waals surface area contributed by atoms with Crippen LogP contribution in [0.2, 0.25) is 0 Å². The minimum absolute atomic E-state index is 0.526. The lowest BCUT2D eigenvalue weighted by Crippen LogP contribution is -2.26. The molecule has 0 N–H and O–H groups in total. The van der Waals surface area contributed by atoms with Crippen molar-refractivity contribution in [3.05, 3.63) is 41.7 Å². The SMILES string of the molecule is C=C(CCl)CN(CC)Cc1cccc(C)n1. The van der Waals surface area contributed by atoms with Crippen LogP contribution in [-0.4, -0.2) is 28.9 Å². The largest absolute Gasteiger partial charge is 0.294 e. The van der Waals surface area contributed by atoms with Gasteiger partial charge in [-0.15, -0.1) is 11.6 Å². The highest BCUT2D eigenvalue weighted by molar-refractivity contribution is 6.19. The lowest BCUT2D eigenvalue weighted by atomic mass is 10.2. The highest BCUT2D eigenvalue weighted by Gasteiger charge is 2.06. The fourth-order valence-corrected chi connectivity index (χ4v) is 1.64. The van der Waals surface area contributed by atoms with Gasteiger partial charge in [-0.25, -0.2) is 0 Å². The first-order valence-corrected chi connectivity index (χ1v) is 6.06. The molecule has 0 unspecified atom stereocenters. The Morgan fingerprint density at radius 1 is 1.50 bits per heavy atom. The lowest BCUT2D eigenvalue weighted by molar-refractivity contribution is 0.301. The van der Waals surface area contributed by atoms with E-state index in [-0.39, 0.29) is 0 Å². The van der Waals surface area contributed by atoms with Crippen LogP contribution in [0.25, 0.3) is 0 Å². The summed E-state index contributed by atoms with van der Waals surface area (Å²) in [5.74, 6) is 0.526. The van der Waals surface area contributed by atoms with E-state index in [0.29, 0.717) is 5.88 Å². The van der Waals surface area contributed by atoms with Gasteiger partial charge in [0.25, 0.3) is 0 Å². The maximum absolute atomic E-state index is 5.74. The Morgan fingerprint density at radius 3 is 2.81 bits per heavy atom.